The largest absolute Gasteiger partial charge is 0.489 e. The molecule has 0 unspecified atom stereocenters. The van der Waals surface area contributed by atoms with E-state index in [9.17, 15) is 4.39 Å². The fourth-order valence-corrected chi connectivity index (χ4v) is 1.64. The van der Waals surface area contributed by atoms with Crippen molar-refractivity contribution in [2.24, 2.45) is 0 Å². The number of ether oxygens (including phenoxy) is 1. The number of aryl methyl sites for hydroxylation is 1. The van der Waals surface area contributed by atoms with Crippen molar-refractivity contribution in [2.75, 3.05) is 0 Å². The van der Waals surface area contributed by atoms with Crippen LogP contribution < -0.4 is 4.74 Å². The average molecular weight is 251 g/mol. The third kappa shape index (κ3) is 3.21. The molecule has 3 heteroatoms. The van der Waals surface area contributed by atoms with Gasteiger partial charge >= 0.3 is 0 Å². The standard InChI is InChI=1S/C14H12ClFO/c1-10-8-13(16)5-2-11(10)9-17-14-6-3-12(15)4-7-14/h2-8H,9H2,1H3. The van der Waals surface area contributed by atoms with Crippen molar-refractivity contribution in [3.05, 3.63) is 64.4 Å². The third-order valence-corrected chi connectivity index (χ3v) is 2.76. The number of benzene rings is 2. The van der Waals surface area contributed by atoms with Crippen LogP contribution in [0.4, 0.5) is 4.39 Å². The molecule has 88 valence electrons. The molecule has 2 rings (SSSR count). The van der Waals surface area contributed by atoms with E-state index in [0.717, 1.165) is 16.9 Å². The normalized spacial score (nSPS) is 10.3. The maximum absolute atomic E-state index is 12.9. The van der Waals surface area contributed by atoms with E-state index < -0.39 is 0 Å². The van der Waals surface area contributed by atoms with Crippen LogP contribution in [0.3, 0.4) is 0 Å². The molecule has 0 bridgehead atoms. The fourth-order valence-electron chi connectivity index (χ4n) is 1.51. The second-order valence-corrected chi connectivity index (χ2v) is 4.25. The first-order chi connectivity index (χ1) is 8.15. The lowest BCUT2D eigenvalue weighted by Crippen LogP contribution is -1.98. The van der Waals surface area contributed by atoms with Gasteiger partial charge in [0.1, 0.15) is 18.2 Å². The van der Waals surface area contributed by atoms with Gasteiger partial charge in [0.25, 0.3) is 0 Å². The first-order valence-electron chi connectivity index (χ1n) is 5.28. The minimum Gasteiger partial charge on any atom is -0.489 e. The van der Waals surface area contributed by atoms with Crippen LogP contribution in [0, 0.1) is 12.7 Å². The van der Waals surface area contributed by atoms with Crippen LogP contribution in [0.25, 0.3) is 0 Å². The van der Waals surface area contributed by atoms with E-state index in [1.165, 1.54) is 12.1 Å². The van der Waals surface area contributed by atoms with E-state index in [1.807, 2.05) is 6.92 Å². The average Bonchev–Trinajstić information content (AvgIpc) is 2.30. The van der Waals surface area contributed by atoms with E-state index in [0.29, 0.717) is 11.6 Å². The Morgan fingerprint density at radius 2 is 1.82 bits per heavy atom. The smallest absolute Gasteiger partial charge is 0.123 e. The Morgan fingerprint density at radius 3 is 2.47 bits per heavy atom. The summed E-state index contributed by atoms with van der Waals surface area (Å²) in [6.07, 6.45) is 0. The minimum absolute atomic E-state index is 0.224. The molecule has 0 fully saturated rings. The zero-order chi connectivity index (χ0) is 12.3. The van der Waals surface area contributed by atoms with Gasteiger partial charge in [0, 0.05) is 5.02 Å². The lowest BCUT2D eigenvalue weighted by molar-refractivity contribution is 0.305. The Balaban J connectivity index is 2.04. The van der Waals surface area contributed by atoms with Crippen molar-refractivity contribution in [3.8, 4) is 5.75 Å². The summed E-state index contributed by atoms with van der Waals surface area (Å²) in [5, 5.41) is 0.676. The molecule has 2 aromatic rings. The van der Waals surface area contributed by atoms with Crippen LogP contribution in [0.5, 0.6) is 5.75 Å². The molecule has 0 aromatic heterocycles. The SMILES string of the molecule is Cc1cc(F)ccc1COc1ccc(Cl)cc1. The predicted octanol–water partition coefficient (Wildman–Crippen LogP) is 4.37. The zero-order valence-electron chi connectivity index (χ0n) is 9.41. The Hall–Kier alpha value is -1.54. The van der Waals surface area contributed by atoms with Crippen LogP contribution in [-0.4, -0.2) is 0 Å². The first kappa shape index (κ1) is 11.9. The van der Waals surface area contributed by atoms with Crippen molar-refractivity contribution in [1.29, 1.82) is 0 Å². The summed E-state index contributed by atoms with van der Waals surface area (Å²) in [4.78, 5) is 0. The zero-order valence-corrected chi connectivity index (χ0v) is 10.2. The topological polar surface area (TPSA) is 9.23 Å². The van der Waals surface area contributed by atoms with Gasteiger partial charge in [0.15, 0.2) is 0 Å². The minimum atomic E-state index is -0.224. The van der Waals surface area contributed by atoms with Crippen LogP contribution in [0.2, 0.25) is 5.02 Å². The number of hydrogen-bond acceptors (Lipinski definition) is 1. The van der Waals surface area contributed by atoms with Crippen LogP contribution in [0.1, 0.15) is 11.1 Å². The first-order valence-corrected chi connectivity index (χ1v) is 5.66. The van der Waals surface area contributed by atoms with Crippen LogP contribution in [-0.2, 0) is 6.61 Å². The van der Waals surface area contributed by atoms with Gasteiger partial charge in [0.05, 0.1) is 0 Å². The molecular formula is C14H12ClFO. The summed E-state index contributed by atoms with van der Waals surface area (Å²) in [7, 11) is 0. The molecule has 0 radical (unpaired) electrons. The lowest BCUT2D eigenvalue weighted by Gasteiger charge is -2.08. The highest BCUT2D eigenvalue weighted by Crippen LogP contribution is 2.18. The van der Waals surface area contributed by atoms with Gasteiger partial charge in [-0.2, -0.15) is 0 Å². The molecule has 0 amide bonds. The molecule has 2 aromatic carbocycles. The summed E-state index contributed by atoms with van der Waals surface area (Å²) < 4.78 is 18.5. The highest BCUT2D eigenvalue weighted by molar-refractivity contribution is 6.30. The summed E-state index contributed by atoms with van der Waals surface area (Å²) in [6.45, 7) is 2.29. The molecule has 0 spiro atoms. The van der Waals surface area contributed by atoms with Crippen molar-refractivity contribution < 1.29 is 9.13 Å². The summed E-state index contributed by atoms with van der Waals surface area (Å²) in [6, 6.07) is 11.8. The number of rotatable bonds is 3. The summed E-state index contributed by atoms with van der Waals surface area (Å²) in [5.74, 6) is 0.524. The maximum atomic E-state index is 12.9. The number of halogens is 2. The molecule has 0 aliphatic heterocycles. The van der Waals surface area contributed by atoms with Gasteiger partial charge in [0.2, 0.25) is 0 Å². The quantitative estimate of drug-likeness (QED) is 0.786. The lowest BCUT2D eigenvalue weighted by atomic mass is 10.1. The molecule has 17 heavy (non-hydrogen) atoms. The number of hydrogen-bond donors (Lipinski definition) is 0. The van der Waals surface area contributed by atoms with E-state index in [4.69, 9.17) is 16.3 Å². The van der Waals surface area contributed by atoms with Gasteiger partial charge in [-0.1, -0.05) is 17.7 Å². The van der Waals surface area contributed by atoms with Gasteiger partial charge in [-0.05, 0) is 54.4 Å². The molecule has 0 saturated heterocycles. The van der Waals surface area contributed by atoms with E-state index >= 15 is 0 Å². The highest BCUT2D eigenvalue weighted by Gasteiger charge is 2.01. The Bertz CT molecular complexity index is 508. The van der Waals surface area contributed by atoms with Crippen LogP contribution in [0.15, 0.2) is 42.5 Å². The molecule has 0 aliphatic carbocycles. The molecule has 1 nitrogen and oxygen atoms in total. The Morgan fingerprint density at radius 1 is 1.12 bits per heavy atom. The van der Waals surface area contributed by atoms with Gasteiger partial charge < -0.3 is 4.74 Å². The third-order valence-electron chi connectivity index (χ3n) is 2.51. The van der Waals surface area contributed by atoms with Gasteiger partial charge in [-0.15, -0.1) is 0 Å². The van der Waals surface area contributed by atoms with Gasteiger partial charge in [-0.3, -0.25) is 0 Å². The summed E-state index contributed by atoms with van der Waals surface area (Å²) >= 11 is 5.77. The van der Waals surface area contributed by atoms with Crippen molar-refractivity contribution in [3.63, 3.8) is 0 Å². The molecule has 0 saturated carbocycles. The Kier molecular flexibility index (Phi) is 3.64. The second kappa shape index (κ2) is 5.19. The van der Waals surface area contributed by atoms with Crippen molar-refractivity contribution in [2.45, 2.75) is 13.5 Å². The van der Waals surface area contributed by atoms with Crippen molar-refractivity contribution >= 4 is 11.6 Å². The molecular weight excluding hydrogens is 239 g/mol. The van der Waals surface area contributed by atoms with Crippen molar-refractivity contribution in [1.82, 2.24) is 0 Å². The predicted molar refractivity (Wildman–Crippen MR) is 66.9 cm³/mol. The van der Waals surface area contributed by atoms with Gasteiger partial charge in [-0.25, -0.2) is 4.39 Å². The van der Waals surface area contributed by atoms with E-state index in [-0.39, 0.29) is 5.82 Å². The highest BCUT2D eigenvalue weighted by atomic mass is 35.5. The Labute approximate surface area is 105 Å². The van der Waals surface area contributed by atoms with Crippen LogP contribution >= 0.6 is 11.6 Å². The van der Waals surface area contributed by atoms with E-state index in [1.54, 1.807) is 30.3 Å². The molecule has 0 aliphatic rings. The molecule has 0 N–H and O–H groups in total. The maximum Gasteiger partial charge on any atom is 0.123 e. The fraction of sp³-hybridized carbons (Fsp3) is 0.143. The second-order valence-electron chi connectivity index (χ2n) is 3.81. The molecule has 0 heterocycles. The monoisotopic (exact) mass is 250 g/mol. The van der Waals surface area contributed by atoms with E-state index in [2.05, 4.69) is 0 Å². The summed E-state index contributed by atoms with van der Waals surface area (Å²) in [5.41, 5.74) is 1.86. The molecule has 0 atom stereocenters.